The number of amides is 1. The van der Waals surface area contributed by atoms with E-state index in [4.69, 9.17) is 9.47 Å². The zero-order valence-corrected chi connectivity index (χ0v) is 13.6. The van der Waals surface area contributed by atoms with Gasteiger partial charge >= 0.3 is 6.09 Å². The van der Waals surface area contributed by atoms with E-state index in [2.05, 4.69) is 5.32 Å². The molecule has 0 aliphatic heterocycles. The highest BCUT2D eigenvalue weighted by atomic mass is 16.6. The summed E-state index contributed by atoms with van der Waals surface area (Å²) in [5, 5.41) is 3.49. The number of hydrogen-bond donors (Lipinski definition) is 1. The van der Waals surface area contributed by atoms with Crippen LogP contribution in [0, 0.1) is 5.92 Å². The molecule has 1 amide bonds. The van der Waals surface area contributed by atoms with Gasteiger partial charge < -0.3 is 19.7 Å². The number of hydrogen-bond acceptors (Lipinski definition) is 4. The van der Waals surface area contributed by atoms with Crippen LogP contribution in [0.2, 0.25) is 0 Å². The average Bonchev–Trinajstić information content (AvgIpc) is 3.15. The summed E-state index contributed by atoms with van der Waals surface area (Å²) in [6.07, 6.45) is 2.33. The van der Waals surface area contributed by atoms with Gasteiger partial charge in [0.05, 0.1) is 6.61 Å². The van der Waals surface area contributed by atoms with Crippen LogP contribution in [0.3, 0.4) is 0 Å². The molecule has 20 heavy (non-hydrogen) atoms. The maximum atomic E-state index is 12.0. The van der Waals surface area contributed by atoms with Crippen molar-refractivity contribution in [3.8, 4) is 0 Å². The Morgan fingerprint density at radius 1 is 1.40 bits per heavy atom. The van der Waals surface area contributed by atoms with Gasteiger partial charge in [-0.2, -0.15) is 0 Å². The van der Waals surface area contributed by atoms with E-state index in [1.165, 1.54) is 12.8 Å². The summed E-state index contributed by atoms with van der Waals surface area (Å²) in [5.74, 6) is 0.742. The molecule has 1 fully saturated rings. The number of nitrogens with zero attached hydrogens (tertiary/aromatic N) is 1. The van der Waals surface area contributed by atoms with Gasteiger partial charge in [0.2, 0.25) is 0 Å². The largest absolute Gasteiger partial charge is 0.444 e. The van der Waals surface area contributed by atoms with Crippen molar-refractivity contribution < 1.29 is 14.3 Å². The highest BCUT2D eigenvalue weighted by Crippen LogP contribution is 2.32. The van der Waals surface area contributed by atoms with Crippen molar-refractivity contribution >= 4 is 6.09 Å². The minimum Gasteiger partial charge on any atom is -0.444 e. The van der Waals surface area contributed by atoms with Crippen LogP contribution in [0.25, 0.3) is 0 Å². The zero-order valence-electron chi connectivity index (χ0n) is 13.6. The average molecular weight is 286 g/mol. The van der Waals surface area contributed by atoms with Crippen LogP contribution in [0.5, 0.6) is 0 Å². The van der Waals surface area contributed by atoms with Crippen LogP contribution in [0.1, 0.15) is 40.5 Å². The second kappa shape index (κ2) is 7.84. The van der Waals surface area contributed by atoms with Crippen LogP contribution >= 0.6 is 0 Å². The number of methoxy groups -OCH3 is 1. The van der Waals surface area contributed by atoms with E-state index in [0.29, 0.717) is 19.1 Å². The molecule has 5 nitrogen and oxygen atoms in total. The van der Waals surface area contributed by atoms with Gasteiger partial charge in [0.25, 0.3) is 0 Å². The molecule has 0 aromatic carbocycles. The predicted molar refractivity (Wildman–Crippen MR) is 79.9 cm³/mol. The standard InChI is InChI=1S/C15H30N2O3/c1-6-17(14(18)20-15(2,3)4)10-9-16-13(11-19-5)12-7-8-12/h12-13,16H,6-11H2,1-5H3. The molecule has 1 unspecified atom stereocenters. The van der Waals surface area contributed by atoms with Gasteiger partial charge in [-0.05, 0) is 46.5 Å². The molecule has 1 rings (SSSR count). The number of rotatable bonds is 8. The monoisotopic (exact) mass is 286 g/mol. The first-order valence-electron chi connectivity index (χ1n) is 7.57. The second-order valence-electron chi connectivity index (χ2n) is 6.41. The normalized spacial score (nSPS) is 16.9. The fraction of sp³-hybridized carbons (Fsp3) is 0.933. The van der Waals surface area contributed by atoms with E-state index >= 15 is 0 Å². The predicted octanol–water partition coefficient (Wildman–Crippen LogP) is 2.26. The number of carbonyl (C=O) groups excluding carboxylic acids is 1. The molecular formula is C15H30N2O3. The molecule has 0 aromatic rings. The minimum atomic E-state index is -0.440. The molecule has 0 saturated heterocycles. The van der Waals surface area contributed by atoms with E-state index in [1.54, 1.807) is 12.0 Å². The third-order valence-electron chi connectivity index (χ3n) is 3.36. The van der Waals surface area contributed by atoms with Crippen molar-refractivity contribution in [3.63, 3.8) is 0 Å². The van der Waals surface area contributed by atoms with Gasteiger partial charge in [0, 0.05) is 32.8 Å². The molecule has 0 heterocycles. The summed E-state index contributed by atoms with van der Waals surface area (Å²) < 4.78 is 10.6. The van der Waals surface area contributed by atoms with Gasteiger partial charge in [-0.15, -0.1) is 0 Å². The van der Waals surface area contributed by atoms with E-state index in [9.17, 15) is 4.79 Å². The summed E-state index contributed by atoms with van der Waals surface area (Å²) in [7, 11) is 1.73. The lowest BCUT2D eigenvalue weighted by Crippen LogP contribution is -2.43. The summed E-state index contributed by atoms with van der Waals surface area (Å²) in [5.41, 5.74) is -0.440. The lowest BCUT2D eigenvalue weighted by Gasteiger charge is -2.27. The highest BCUT2D eigenvalue weighted by Gasteiger charge is 2.30. The number of ether oxygens (including phenoxy) is 2. The molecule has 0 radical (unpaired) electrons. The molecule has 0 bridgehead atoms. The number of nitrogens with one attached hydrogen (secondary N) is 1. The molecule has 5 heteroatoms. The first kappa shape index (κ1) is 17.2. The van der Waals surface area contributed by atoms with E-state index in [-0.39, 0.29) is 6.09 Å². The number of likely N-dealkylation sites (N-methyl/N-ethyl adjacent to an activating group) is 1. The molecule has 1 atom stereocenters. The first-order chi connectivity index (χ1) is 9.37. The fourth-order valence-electron chi connectivity index (χ4n) is 2.13. The Balaban J connectivity index is 2.31. The lowest BCUT2D eigenvalue weighted by atomic mass is 10.2. The Labute approximate surface area is 123 Å². The quantitative estimate of drug-likeness (QED) is 0.743. The van der Waals surface area contributed by atoms with Crippen LogP contribution in [0.4, 0.5) is 4.79 Å². The first-order valence-corrected chi connectivity index (χ1v) is 7.57. The highest BCUT2D eigenvalue weighted by molar-refractivity contribution is 5.68. The van der Waals surface area contributed by atoms with Crippen molar-refractivity contribution in [1.29, 1.82) is 0 Å². The molecule has 0 spiro atoms. The van der Waals surface area contributed by atoms with Crippen molar-refractivity contribution in [3.05, 3.63) is 0 Å². The Bertz CT molecular complexity index is 298. The summed E-state index contributed by atoms with van der Waals surface area (Å²) in [6, 6.07) is 0.414. The smallest absolute Gasteiger partial charge is 0.410 e. The minimum absolute atomic E-state index is 0.239. The van der Waals surface area contributed by atoms with Gasteiger partial charge in [-0.25, -0.2) is 4.79 Å². The summed E-state index contributed by atoms with van der Waals surface area (Å²) >= 11 is 0. The van der Waals surface area contributed by atoms with Crippen molar-refractivity contribution in [2.45, 2.75) is 52.2 Å². The zero-order chi connectivity index (χ0) is 15.2. The molecular weight excluding hydrogens is 256 g/mol. The van der Waals surface area contributed by atoms with Crippen molar-refractivity contribution in [2.75, 3.05) is 33.4 Å². The van der Waals surface area contributed by atoms with E-state index < -0.39 is 5.60 Å². The fourth-order valence-corrected chi connectivity index (χ4v) is 2.13. The lowest BCUT2D eigenvalue weighted by molar-refractivity contribution is 0.0259. The van der Waals surface area contributed by atoms with Crippen molar-refractivity contribution in [1.82, 2.24) is 10.2 Å². The Morgan fingerprint density at radius 2 is 2.05 bits per heavy atom. The topological polar surface area (TPSA) is 50.8 Å². The van der Waals surface area contributed by atoms with Crippen LogP contribution in [-0.4, -0.2) is 56.0 Å². The van der Waals surface area contributed by atoms with Crippen molar-refractivity contribution in [2.24, 2.45) is 5.92 Å². The van der Waals surface area contributed by atoms with Crippen LogP contribution < -0.4 is 5.32 Å². The summed E-state index contributed by atoms with van der Waals surface area (Å²) in [6.45, 7) is 10.5. The van der Waals surface area contributed by atoms with Gasteiger partial charge in [0.15, 0.2) is 0 Å². The molecule has 1 aliphatic rings. The van der Waals surface area contributed by atoms with Gasteiger partial charge in [0.1, 0.15) is 5.60 Å². The Hall–Kier alpha value is -0.810. The number of carbonyl (C=O) groups is 1. The third-order valence-corrected chi connectivity index (χ3v) is 3.36. The second-order valence-corrected chi connectivity index (χ2v) is 6.41. The third kappa shape index (κ3) is 6.57. The molecule has 118 valence electrons. The van der Waals surface area contributed by atoms with Crippen LogP contribution in [-0.2, 0) is 9.47 Å². The maximum Gasteiger partial charge on any atom is 0.410 e. The van der Waals surface area contributed by atoms with Gasteiger partial charge in [-0.1, -0.05) is 0 Å². The van der Waals surface area contributed by atoms with E-state index in [1.807, 2.05) is 27.7 Å². The molecule has 1 aliphatic carbocycles. The molecule has 0 aromatic heterocycles. The Morgan fingerprint density at radius 3 is 2.50 bits per heavy atom. The van der Waals surface area contributed by atoms with E-state index in [0.717, 1.165) is 19.1 Å². The van der Waals surface area contributed by atoms with Crippen LogP contribution in [0.15, 0.2) is 0 Å². The summed E-state index contributed by atoms with van der Waals surface area (Å²) in [4.78, 5) is 13.7. The maximum absolute atomic E-state index is 12.0. The van der Waals surface area contributed by atoms with Gasteiger partial charge in [-0.3, -0.25) is 0 Å². The Kier molecular flexibility index (Phi) is 6.76. The molecule has 1 N–H and O–H groups in total. The SMILES string of the molecule is CCN(CCNC(COC)C1CC1)C(=O)OC(C)(C)C. The molecule has 1 saturated carbocycles.